The van der Waals surface area contributed by atoms with Crippen LogP contribution in [0.2, 0.25) is 5.02 Å². The zero-order chi connectivity index (χ0) is 13.8. The molecule has 1 aromatic heterocycles. The maximum Gasteiger partial charge on any atom is 0.0766 e. The van der Waals surface area contributed by atoms with E-state index in [-0.39, 0.29) is 0 Å². The van der Waals surface area contributed by atoms with Crippen LogP contribution in [-0.2, 0) is 6.54 Å². The SMILES string of the molecule is Cc1ccc(CNc2cnccc2N(C)C)cc1Cl. The molecule has 0 aliphatic carbocycles. The second kappa shape index (κ2) is 5.93. The number of nitrogens with zero attached hydrogens (tertiary/aromatic N) is 2. The van der Waals surface area contributed by atoms with Gasteiger partial charge in [0.15, 0.2) is 0 Å². The number of nitrogens with one attached hydrogen (secondary N) is 1. The highest BCUT2D eigenvalue weighted by molar-refractivity contribution is 6.31. The number of pyridine rings is 1. The standard InChI is InChI=1S/C15H18ClN3/c1-11-4-5-12(8-13(11)16)9-18-14-10-17-7-6-15(14)19(2)3/h4-8,10,18H,9H2,1-3H3. The zero-order valence-corrected chi connectivity index (χ0v) is 12.2. The van der Waals surface area contributed by atoms with Crippen LogP contribution in [-0.4, -0.2) is 19.1 Å². The smallest absolute Gasteiger partial charge is 0.0766 e. The van der Waals surface area contributed by atoms with Crippen LogP contribution in [0.15, 0.2) is 36.7 Å². The van der Waals surface area contributed by atoms with Crippen molar-refractivity contribution < 1.29 is 0 Å². The number of aromatic nitrogens is 1. The van der Waals surface area contributed by atoms with Gasteiger partial charge < -0.3 is 10.2 Å². The third kappa shape index (κ3) is 3.38. The van der Waals surface area contributed by atoms with Crippen LogP contribution in [0.3, 0.4) is 0 Å². The number of halogens is 1. The summed E-state index contributed by atoms with van der Waals surface area (Å²) in [6, 6.07) is 8.11. The van der Waals surface area contributed by atoms with Gasteiger partial charge in [-0.05, 0) is 30.2 Å². The molecule has 0 saturated carbocycles. The molecule has 0 atom stereocenters. The van der Waals surface area contributed by atoms with E-state index in [9.17, 15) is 0 Å². The molecule has 1 heterocycles. The minimum absolute atomic E-state index is 0.729. The van der Waals surface area contributed by atoms with Crippen molar-refractivity contribution in [3.8, 4) is 0 Å². The molecule has 0 radical (unpaired) electrons. The number of benzene rings is 1. The lowest BCUT2D eigenvalue weighted by Gasteiger charge is -2.18. The first kappa shape index (κ1) is 13.7. The van der Waals surface area contributed by atoms with Crippen molar-refractivity contribution in [2.24, 2.45) is 0 Å². The van der Waals surface area contributed by atoms with Gasteiger partial charge in [0.2, 0.25) is 0 Å². The molecule has 0 aliphatic rings. The third-order valence-electron chi connectivity index (χ3n) is 3.00. The zero-order valence-electron chi connectivity index (χ0n) is 11.4. The largest absolute Gasteiger partial charge is 0.378 e. The van der Waals surface area contributed by atoms with Gasteiger partial charge in [-0.2, -0.15) is 0 Å². The highest BCUT2D eigenvalue weighted by Gasteiger charge is 2.04. The Morgan fingerprint density at radius 2 is 2.05 bits per heavy atom. The molecule has 1 N–H and O–H groups in total. The van der Waals surface area contributed by atoms with Crippen molar-refractivity contribution in [1.82, 2.24) is 4.98 Å². The molecule has 0 aliphatic heterocycles. The van der Waals surface area contributed by atoms with Gasteiger partial charge in [-0.25, -0.2) is 0 Å². The fourth-order valence-corrected chi connectivity index (χ4v) is 2.06. The number of aryl methyl sites for hydroxylation is 1. The molecular formula is C15H18ClN3. The summed E-state index contributed by atoms with van der Waals surface area (Å²) in [6.07, 6.45) is 3.63. The first-order valence-corrected chi connectivity index (χ1v) is 6.56. The maximum atomic E-state index is 6.13. The number of hydrogen-bond acceptors (Lipinski definition) is 3. The number of rotatable bonds is 4. The van der Waals surface area contributed by atoms with Crippen LogP contribution in [0.5, 0.6) is 0 Å². The Kier molecular flexibility index (Phi) is 4.27. The van der Waals surface area contributed by atoms with Crippen LogP contribution >= 0.6 is 11.6 Å². The van der Waals surface area contributed by atoms with Crippen LogP contribution in [0.4, 0.5) is 11.4 Å². The van der Waals surface area contributed by atoms with Crippen molar-refractivity contribution in [1.29, 1.82) is 0 Å². The second-order valence-corrected chi connectivity index (χ2v) is 5.13. The van der Waals surface area contributed by atoms with Crippen molar-refractivity contribution in [3.63, 3.8) is 0 Å². The van der Waals surface area contributed by atoms with Gasteiger partial charge in [-0.1, -0.05) is 23.7 Å². The van der Waals surface area contributed by atoms with Crippen molar-refractivity contribution >= 4 is 23.0 Å². The first-order valence-electron chi connectivity index (χ1n) is 6.18. The summed E-state index contributed by atoms with van der Waals surface area (Å²) in [4.78, 5) is 6.22. The summed E-state index contributed by atoms with van der Waals surface area (Å²) >= 11 is 6.13. The van der Waals surface area contributed by atoms with E-state index in [2.05, 4.69) is 21.3 Å². The molecular weight excluding hydrogens is 258 g/mol. The predicted molar refractivity (Wildman–Crippen MR) is 82.1 cm³/mol. The molecule has 100 valence electrons. The lowest BCUT2D eigenvalue weighted by atomic mass is 10.1. The molecule has 0 unspecified atom stereocenters. The van der Waals surface area contributed by atoms with E-state index >= 15 is 0 Å². The summed E-state index contributed by atoms with van der Waals surface area (Å²) in [7, 11) is 4.03. The molecule has 0 fully saturated rings. The van der Waals surface area contributed by atoms with Crippen LogP contribution < -0.4 is 10.2 Å². The Hall–Kier alpha value is -1.74. The normalized spacial score (nSPS) is 10.3. The Morgan fingerprint density at radius 3 is 2.74 bits per heavy atom. The summed E-state index contributed by atoms with van der Waals surface area (Å²) in [6.45, 7) is 2.73. The summed E-state index contributed by atoms with van der Waals surface area (Å²) in [5.41, 5.74) is 4.39. The lowest BCUT2D eigenvalue weighted by molar-refractivity contribution is 1.08. The van der Waals surface area contributed by atoms with Gasteiger partial charge in [0.1, 0.15) is 0 Å². The number of anilines is 2. The quantitative estimate of drug-likeness (QED) is 0.922. The van der Waals surface area contributed by atoms with Gasteiger partial charge in [0.25, 0.3) is 0 Å². The van der Waals surface area contributed by atoms with E-state index in [0.29, 0.717) is 0 Å². The topological polar surface area (TPSA) is 28.2 Å². The molecule has 0 spiro atoms. The van der Waals surface area contributed by atoms with Crippen molar-refractivity contribution in [3.05, 3.63) is 52.8 Å². The highest BCUT2D eigenvalue weighted by atomic mass is 35.5. The van der Waals surface area contributed by atoms with E-state index in [1.807, 2.05) is 45.4 Å². The Labute approximate surface area is 119 Å². The molecule has 1 aromatic carbocycles. The summed E-state index contributed by atoms with van der Waals surface area (Å²) < 4.78 is 0. The monoisotopic (exact) mass is 275 g/mol. The highest BCUT2D eigenvalue weighted by Crippen LogP contribution is 2.23. The molecule has 0 saturated heterocycles. The summed E-state index contributed by atoms with van der Waals surface area (Å²) in [5, 5.41) is 4.20. The van der Waals surface area contributed by atoms with Crippen LogP contribution in [0, 0.1) is 6.92 Å². The van der Waals surface area contributed by atoms with E-state index in [1.54, 1.807) is 6.20 Å². The first-order chi connectivity index (χ1) is 9.08. The molecule has 2 aromatic rings. The molecule has 19 heavy (non-hydrogen) atoms. The average Bonchev–Trinajstić information content (AvgIpc) is 2.40. The fraction of sp³-hybridized carbons (Fsp3) is 0.267. The van der Waals surface area contributed by atoms with Crippen molar-refractivity contribution in [2.75, 3.05) is 24.3 Å². The molecule has 4 heteroatoms. The molecule has 0 bridgehead atoms. The minimum Gasteiger partial charge on any atom is -0.378 e. The Bertz CT molecular complexity index is 567. The van der Waals surface area contributed by atoms with Gasteiger partial charge >= 0.3 is 0 Å². The van der Waals surface area contributed by atoms with Gasteiger partial charge in [0, 0.05) is 31.9 Å². The van der Waals surface area contributed by atoms with Gasteiger partial charge in [-0.3, -0.25) is 4.98 Å². The summed E-state index contributed by atoms with van der Waals surface area (Å²) in [5.74, 6) is 0. The lowest BCUT2D eigenvalue weighted by Crippen LogP contribution is -2.12. The van der Waals surface area contributed by atoms with E-state index in [4.69, 9.17) is 11.6 Å². The van der Waals surface area contributed by atoms with E-state index in [0.717, 1.165) is 34.1 Å². The van der Waals surface area contributed by atoms with Crippen molar-refractivity contribution in [2.45, 2.75) is 13.5 Å². The maximum absolute atomic E-state index is 6.13. The molecule has 2 rings (SSSR count). The molecule has 3 nitrogen and oxygen atoms in total. The van der Waals surface area contributed by atoms with Crippen LogP contribution in [0.25, 0.3) is 0 Å². The fourth-order valence-electron chi connectivity index (χ4n) is 1.86. The van der Waals surface area contributed by atoms with Gasteiger partial charge in [0.05, 0.1) is 17.6 Å². The van der Waals surface area contributed by atoms with E-state index < -0.39 is 0 Å². The number of hydrogen-bond donors (Lipinski definition) is 1. The minimum atomic E-state index is 0.729. The Morgan fingerprint density at radius 1 is 1.26 bits per heavy atom. The Balaban J connectivity index is 2.12. The third-order valence-corrected chi connectivity index (χ3v) is 3.41. The second-order valence-electron chi connectivity index (χ2n) is 4.72. The van der Waals surface area contributed by atoms with E-state index in [1.165, 1.54) is 0 Å². The molecule has 0 amide bonds. The van der Waals surface area contributed by atoms with Gasteiger partial charge in [-0.15, -0.1) is 0 Å². The average molecular weight is 276 g/mol. The predicted octanol–water partition coefficient (Wildman–Crippen LogP) is 3.72. The van der Waals surface area contributed by atoms with Crippen LogP contribution in [0.1, 0.15) is 11.1 Å².